The van der Waals surface area contributed by atoms with Crippen LogP contribution in [0.5, 0.6) is 0 Å². The van der Waals surface area contributed by atoms with Crippen LogP contribution in [0.3, 0.4) is 0 Å². The van der Waals surface area contributed by atoms with Gasteiger partial charge in [0.2, 0.25) is 0 Å². The minimum absolute atomic E-state index is 0.246. The lowest BCUT2D eigenvalue weighted by atomic mass is 9.76. The Hall–Kier alpha value is 0.600. The number of rotatable bonds is 6. The van der Waals surface area contributed by atoms with Crippen molar-refractivity contribution in [2.75, 3.05) is 26.9 Å². The van der Waals surface area contributed by atoms with Crippen molar-refractivity contribution in [2.24, 2.45) is 5.41 Å². The Balaban J connectivity index is 4.28. The maximum atomic E-state index is 6.35. The molecule has 0 aliphatic heterocycles. The largest absolute Gasteiger partial charge is 0.309 e. The highest BCUT2D eigenvalue weighted by molar-refractivity contribution is 8.36. The lowest BCUT2D eigenvalue weighted by Gasteiger charge is -2.45. The van der Waals surface area contributed by atoms with Gasteiger partial charge in [-0.2, -0.15) is 10.1 Å². The number of hydrogen-bond donors (Lipinski definition) is 1. The standard InChI is InChI=1S/C12H28ClNS/c1-11(2,9-8-10-14(5)6)12(3,4)15(7)13/h15H,8-10H2,1-7H3. The number of hydrogen-bond acceptors (Lipinski definition) is 1. The molecule has 0 rings (SSSR count). The summed E-state index contributed by atoms with van der Waals surface area (Å²) in [7, 11) is 10.2. The van der Waals surface area contributed by atoms with Crippen molar-refractivity contribution in [3.63, 3.8) is 0 Å². The lowest BCUT2D eigenvalue weighted by molar-refractivity contribution is 0.239. The van der Waals surface area contributed by atoms with Crippen LogP contribution >= 0.6 is 20.8 Å². The van der Waals surface area contributed by atoms with Crippen LogP contribution in [0.15, 0.2) is 0 Å². The molecule has 1 nitrogen and oxygen atoms in total. The second kappa shape index (κ2) is 5.79. The molecule has 94 valence electrons. The zero-order valence-electron chi connectivity index (χ0n) is 11.4. The summed E-state index contributed by atoms with van der Waals surface area (Å²) in [5, 5.41) is 0. The van der Waals surface area contributed by atoms with Gasteiger partial charge in [-0.3, -0.25) is 0 Å². The molecule has 0 fully saturated rings. The normalized spacial score (nSPS) is 17.0. The molecular formula is C12H28ClNS. The highest BCUT2D eigenvalue weighted by atomic mass is 35.7. The molecule has 0 saturated carbocycles. The molecule has 0 radical (unpaired) electrons. The van der Waals surface area contributed by atoms with Crippen molar-refractivity contribution in [1.29, 1.82) is 0 Å². The maximum Gasteiger partial charge on any atom is 0.00929 e. The fourth-order valence-corrected chi connectivity index (χ4v) is 3.19. The van der Waals surface area contributed by atoms with E-state index in [1.54, 1.807) is 0 Å². The number of halogens is 1. The zero-order valence-corrected chi connectivity index (χ0v) is 13.0. The van der Waals surface area contributed by atoms with Crippen molar-refractivity contribution in [3.8, 4) is 0 Å². The average molecular weight is 254 g/mol. The summed E-state index contributed by atoms with van der Waals surface area (Å²) in [6.45, 7) is 10.5. The third-order valence-corrected chi connectivity index (χ3v) is 7.25. The summed E-state index contributed by atoms with van der Waals surface area (Å²) in [6, 6.07) is 0. The van der Waals surface area contributed by atoms with Crippen LogP contribution in [0.1, 0.15) is 40.5 Å². The van der Waals surface area contributed by atoms with Gasteiger partial charge in [0.15, 0.2) is 0 Å². The van der Waals surface area contributed by atoms with E-state index in [1.807, 2.05) is 0 Å². The van der Waals surface area contributed by atoms with Crippen molar-refractivity contribution >= 4 is 20.8 Å². The fourth-order valence-electron chi connectivity index (χ4n) is 1.56. The maximum absolute atomic E-state index is 6.35. The van der Waals surface area contributed by atoms with Crippen molar-refractivity contribution in [2.45, 2.75) is 45.3 Å². The van der Waals surface area contributed by atoms with E-state index in [4.69, 9.17) is 10.7 Å². The van der Waals surface area contributed by atoms with Gasteiger partial charge in [-0.25, -0.2) is 0 Å². The van der Waals surface area contributed by atoms with E-state index < -0.39 is 10.1 Å². The first-order valence-electron chi connectivity index (χ1n) is 5.65. The minimum atomic E-state index is -0.405. The first-order chi connectivity index (χ1) is 6.61. The predicted molar refractivity (Wildman–Crippen MR) is 76.4 cm³/mol. The van der Waals surface area contributed by atoms with E-state index in [0.29, 0.717) is 5.41 Å². The van der Waals surface area contributed by atoms with Crippen molar-refractivity contribution < 1.29 is 0 Å². The summed E-state index contributed by atoms with van der Waals surface area (Å²) in [5.41, 5.74) is 0.325. The second-order valence-corrected chi connectivity index (χ2v) is 9.42. The third-order valence-electron chi connectivity index (χ3n) is 3.83. The molecule has 0 aliphatic rings. The van der Waals surface area contributed by atoms with Gasteiger partial charge in [-0.05, 0) is 45.2 Å². The van der Waals surface area contributed by atoms with Crippen molar-refractivity contribution in [1.82, 2.24) is 4.90 Å². The fraction of sp³-hybridized carbons (Fsp3) is 1.00. The van der Waals surface area contributed by atoms with E-state index in [9.17, 15) is 0 Å². The van der Waals surface area contributed by atoms with Gasteiger partial charge in [0.25, 0.3) is 0 Å². The summed E-state index contributed by atoms with van der Waals surface area (Å²) in [6.07, 6.45) is 4.67. The summed E-state index contributed by atoms with van der Waals surface area (Å²) < 4.78 is 0.246. The van der Waals surface area contributed by atoms with Crippen LogP contribution in [0.2, 0.25) is 0 Å². The highest BCUT2D eigenvalue weighted by Crippen LogP contribution is 2.54. The molecule has 0 N–H and O–H groups in total. The molecule has 3 heteroatoms. The van der Waals surface area contributed by atoms with Crippen LogP contribution in [0.25, 0.3) is 0 Å². The third kappa shape index (κ3) is 4.54. The Bertz CT molecular complexity index is 188. The Morgan fingerprint density at radius 1 is 1.13 bits per heavy atom. The molecule has 0 bridgehead atoms. The van der Waals surface area contributed by atoms with E-state index in [1.165, 1.54) is 19.4 Å². The molecule has 0 aromatic heterocycles. The van der Waals surface area contributed by atoms with Crippen LogP contribution < -0.4 is 0 Å². The first kappa shape index (κ1) is 15.6. The van der Waals surface area contributed by atoms with Crippen LogP contribution in [-0.4, -0.2) is 36.5 Å². The van der Waals surface area contributed by atoms with Gasteiger partial charge in [0.05, 0.1) is 0 Å². The van der Waals surface area contributed by atoms with Gasteiger partial charge in [-0.1, -0.05) is 38.4 Å². The molecule has 15 heavy (non-hydrogen) atoms. The molecule has 0 heterocycles. The van der Waals surface area contributed by atoms with Crippen LogP contribution in [0.4, 0.5) is 0 Å². The van der Waals surface area contributed by atoms with Gasteiger partial charge in [0.1, 0.15) is 0 Å². The molecule has 1 unspecified atom stereocenters. The first-order valence-corrected chi connectivity index (χ1v) is 8.35. The summed E-state index contributed by atoms with van der Waals surface area (Å²) in [4.78, 5) is 2.25. The average Bonchev–Trinajstić information content (AvgIpc) is 2.02. The predicted octanol–water partition coefficient (Wildman–Crippen LogP) is 3.92. The molecule has 0 amide bonds. The van der Waals surface area contributed by atoms with Gasteiger partial charge in [-0.15, -0.1) is 0 Å². The SMILES string of the molecule is CN(C)CCCC(C)(C)C(C)(C)[SH](C)Cl. The summed E-state index contributed by atoms with van der Waals surface area (Å²) in [5.74, 6) is 0. The summed E-state index contributed by atoms with van der Waals surface area (Å²) >= 11 is 0. The van der Waals surface area contributed by atoms with Crippen molar-refractivity contribution in [3.05, 3.63) is 0 Å². The molecule has 0 spiro atoms. The second-order valence-electron chi connectivity index (χ2n) is 5.83. The van der Waals surface area contributed by atoms with E-state index in [0.717, 1.165) is 0 Å². The Morgan fingerprint density at radius 3 is 1.93 bits per heavy atom. The number of thiol groups is 1. The highest BCUT2D eigenvalue weighted by Gasteiger charge is 2.38. The molecule has 0 aromatic rings. The van der Waals surface area contributed by atoms with Gasteiger partial charge < -0.3 is 4.90 Å². The van der Waals surface area contributed by atoms with Gasteiger partial charge in [0, 0.05) is 4.75 Å². The number of nitrogens with zero attached hydrogens (tertiary/aromatic N) is 1. The zero-order chi connectivity index (χ0) is 12.3. The molecule has 0 aliphatic carbocycles. The van der Waals surface area contributed by atoms with Crippen LogP contribution in [0, 0.1) is 5.41 Å². The smallest absolute Gasteiger partial charge is 0.00929 e. The minimum Gasteiger partial charge on any atom is -0.309 e. The molecule has 0 aromatic carbocycles. The quantitative estimate of drug-likeness (QED) is 0.703. The molecular weight excluding hydrogens is 226 g/mol. The Labute approximate surface area is 103 Å². The van der Waals surface area contributed by atoms with E-state index >= 15 is 0 Å². The molecule has 0 saturated heterocycles. The Kier molecular flexibility index (Phi) is 6.02. The van der Waals surface area contributed by atoms with E-state index in [2.05, 4.69) is 52.9 Å². The van der Waals surface area contributed by atoms with E-state index in [-0.39, 0.29) is 4.75 Å². The lowest BCUT2D eigenvalue weighted by Crippen LogP contribution is -2.38. The Morgan fingerprint density at radius 2 is 1.60 bits per heavy atom. The van der Waals surface area contributed by atoms with Crippen LogP contribution in [-0.2, 0) is 0 Å². The molecule has 1 atom stereocenters. The monoisotopic (exact) mass is 253 g/mol. The van der Waals surface area contributed by atoms with Gasteiger partial charge >= 0.3 is 0 Å². The topological polar surface area (TPSA) is 3.24 Å².